The van der Waals surface area contributed by atoms with Crippen molar-refractivity contribution in [1.29, 1.82) is 0 Å². The van der Waals surface area contributed by atoms with Gasteiger partial charge in [-0.25, -0.2) is 24.7 Å². The van der Waals surface area contributed by atoms with Gasteiger partial charge in [-0.15, -0.1) is 10.2 Å². The quantitative estimate of drug-likeness (QED) is 0.290. The zero-order chi connectivity index (χ0) is 30.5. The standard InChI is InChI=1S/C31H31N9O4/c1-19-9-21(6-8-24(19)43-26-12-25-38-35-18-40(25)17-34-26)36-28-22-10-20(5-7-23(22)32-16-33-28)11-27-37-31(15-42-27)13-39(14-31)29(41)44-30(2,3)4/h5-10,12,16-18H,11,13-15H2,1-4H3,(H,32,33,36). The van der Waals surface area contributed by atoms with Gasteiger partial charge in [0.2, 0.25) is 5.88 Å². The maximum Gasteiger partial charge on any atom is 0.410 e. The molecule has 0 saturated carbocycles. The zero-order valence-corrected chi connectivity index (χ0v) is 24.8. The van der Waals surface area contributed by atoms with E-state index >= 15 is 0 Å². The highest BCUT2D eigenvalue weighted by Crippen LogP contribution is 2.33. The number of ether oxygens (including phenoxy) is 3. The molecule has 0 bridgehead atoms. The molecule has 1 saturated heterocycles. The van der Waals surface area contributed by atoms with E-state index in [1.807, 2.05) is 58.0 Å². The Hall–Kier alpha value is -5.33. The molecule has 44 heavy (non-hydrogen) atoms. The van der Waals surface area contributed by atoms with Crippen molar-refractivity contribution in [2.45, 2.75) is 45.3 Å². The Labute approximate surface area is 252 Å². The first-order valence-corrected chi connectivity index (χ1v) is 14.3. The summed E-state index contributed by atoms with van der Waals surface area (Å²) in [6, 6.07) is 13.6. The van der Waals surface area contributed by atoms with E-state index in [-0.39, 0.29) is 6.09 Å². The summed E-state index contributed by atoms with van der Waals surface area (Å²) in [5.74, 6) is 2.45. The van der Waals surface area contributed by atoms with Crippen molar-refractivity contribution in [2.24, 2.45) is 4.99 Å². The summed E-state index contributed by atoms with van der Waals surface area (Å²) < 4.78 is 19.2. The minimum Gasteiger partial charge on any atom is -0.478 e. The van der Waals surface area contributed by atoms with Crippen molar-refractivity contribution in [1.82, 2.24) is 34.4 Å². The Kier molecular flexibility index (Phi) is 6.52. The normalized spacial score (nSPS) is 15.6. The maximum absolute atomic E-state index is 12.4. The van der Waals surface area contributed by atoms with Gasteiger partial charge in [0.15, 0.2) is 11.5 Å². The molecule has 0 atom stereocenters. The average molecular weight is 594 g/mol. The van der Waals surface area contributed by atoms with Crippen molar-refractivity contribution < 1.29 is 19.0 Å². The summed E-state index contributed by atoms with van der Waals surface area (Å²) >= 11 is 0. The lowest BCUT2D eigenvalue weighted by Crippen LogP contribution is -2.63. The van der Waals surface area contributed by atoms with Gasteiger partial charge in [0.05, 0.1) is 18.6 Å². The van der Waals surface area contributed by atoms with Gasteiger partial charge in [-0.3, -0.25) is 4.40 Å². The first kappa shape index (κ1) is 27.5. The van der Waals surface area contributed by atoms with Crippen LogP contribution in [0.25, 0.3) is 16.6 Å². The van der Waals surface area contributed by atoms with Crippen LogP contribution in [0.15, 0.2) is 66.4 Å². The van der Waals surface area contributed by atoms with Gasteiger partial charge in [0.1, 0.15) is 48.3 Å². The number of nitrogens with one attached hydrogen (secondary N) is 1. The minimum atomic E-state index is -0.530. The van der Waals surface area contributed by atoms with Gasteiger partial charge >= 0.3 is 6.09 Å². The lowest BCUT2D eigenvalue weighted by Gasteiger charge is -2.44. The molecular formula is C31H31N9O4. The van der Waals surface area contributed by atoms with Crippen LogP contribution in [-0.2, 0) is 15.9 Å². The number of nitrogens with zero attached hydrogens (tertiary/aromatic N) is 8. The lowest BCUT2D eigenvalue weighted by atomic mass is 9.92. The minimum absolute atomic E-state index is 0.319. The average Bonchev–Trinajstić information content (AvgIpc) is 3.60. The van der Waals surface area contributed by atoms with Gasteiger partial charge < -0.3 is 24.4 Å². The predicted molar refractivity (Wildman–Crippen MR) is 162 cm³/mol. The molecule has 13 heteroatoms. The van der Waals surface area contributed by atoms with Crippen LogP contribution in [0.5, 0.6) is 11.6 Å². The summed E-state index contributed by atoms with van der Waals surface area (Å²) in [5.41, 5.74) is 3.33. The monoisotopic (exact) mass is 593 g/mol. The van der Waals surface area contributed by atoms with E-state index in [9.17, 15) is 4.79 Å². The molecule has 1 spiro atoms. The topological polar surface area (TPSA) is 141 Å². The summed E-state index contributed by atoms with van der Waals surface area (Å²) in [4.78, 5) is 32.2. The molecule has 1 fully saturated rings. The Bertz CT molecular complexity index is 1930. The fourth-order valence-electron chi connectivity index (χ4n) is 5.26. The number of likely N-dealkylation sites (tertiary alicyclic amines) is 1. The Morgan fingerprint density at radius 2 is 1.93 bits per heavy atom. The van der Waals surface area contributed by atoms with Crippen molar-refractivity contribution >= 4 is 40.0 Å². The van der Waals surface area contributed by atoms with Crippen LogP contribution >= 0.6 is 0 Å². The van der Waals surface area contributed by atoms with Crippen molar-refractivity contribution in [3.05, 3.63) is 72.6 Å². The lowest BCUT2D eigenvalue weighted by molar-refractivity contribution is -0.0116. The molecule has 2 aliphatic rings. The molecule has 224 valence electrons. The third-order valence-corrected chi connectivity index (χ3v) is 7.36. The third-order valence-electron chi connectivity index (χ3n) is 7.36. The van der Waals surface area contributed by atoms with Crippen molar-refractivity contribution in [3.8, 4) is 11.6 Å². The van der Waals surface area contributed by atoms with Gasteiger partial charge in [-0.2, -0.15) is 0 Å². The van der Waals surface area contributed by atoms with E-state index in [2.05, 4.69) is 36.5 Å². The smallest absolute Gasteiger partial charge is 0.410 e. The van der Waals surface area contributed by atoms with Crippen LogP contribution in [0.3, 0.4) is 0 Å². The van der Waals surface area contributed by atoms with Crippen LogP contribution in [0.4, 0.5) is 16.3 Å². The highest BCUT2D eigenvalue weighted by molar-refractivity contribution is 5.92. The number of aryl methyl sites for hydroxylation is 1. The molecule has 0 aliphatic carbocycles. The molecule has 5 aromatic rings. The number of aliphatic imine (C=N–C) groups is 1. The van der Waals surface area contributed by atoms with E-state index in [0.29, 0.717) is 55.1 Å². The molecule has 3 aromatic heterocycles. The van der Waals surface area contributed by atoms with Gasteiger partial charge in [-0.1, -0.05) is 6.07 Å². The largest absolute Gasteiger partial charge is 0.478 e. The molecule has 1 amide bonds. The van der Waals surface area contributed by atoms with Gasteiger partial charge in [0, 0.05) is 23.6 Å². The van der Waals surface area contributed by atoms with Crippen LogP contribution in [-0.4, -0.2) is 77.3 Å². The van der Waals surface area contributed by atoms with E-state index in [4.69, 9.17) is 19.2 Å². The Morgan fingerprint density at radius 1 is 1.07 bits per heavy atom. The highest BCUT2D eigenvalue weighted by Gasteiger charge is 2.50. The molecular weight excluding hydrogens is 562 g/mol. The third kappa shape index (κ3) is 5.55. The molecule has 5 heterocycles. The van der Waals surface area contributed by atoms with Crippen molar-refractivity contribution in [2.75, 3.05) is 25.0 Å². The number of hydrogen-bond donors (Lipinski definition) is 1. The number of aromatic nitrogens is 6. The Morgan fingerprint density at radius 3 is 2.75 bits per heavy atom. The van der Waals surface area contributed by atoms with E-state index in [1.54, 1.807) is 34.3 Å². The number of rotatable bonds is 6. The summed E-state index contributed by atoms with van der Waals surface area (Å²) in [5, 5.41) is 12.2. The molecule has 0 radical (unpaired) electrons. The summed E-state index contributed by atoms with van der Waals surface area (Å²) in [7, 11) is 0. The SMILES string of the molecule is Cc1cc(Nc2ncnc3ccc(CC4=NC5(CO4)CN(C(=O)OC(C)(C)C)C5)cc23)ccc1Oc1cc2nncn2cn1. The summed E-state index contributed by atoms with van der Waals surface area (Å²) in [6.07, 6.45) is 4.95. The molecule has 1 N–H and O–H groups in total. The fraction of sp³-hybridized carbons (Fsp3) is 0.323. The van der Waals surface area contributed by atoms with Crippen LogP contribution in [0.1, 0.15) is 31.9 Å². The van der Waals surface area contributed by atoms with E-state index in [1.165, 1.54) is 0 Å². The van der Waals surface area contributed by atoms with Crippen LogP contribution in [0, 0.1) is 6.92 Å². The number of fused-ring (bicyclic) bond motifs is 2. The fourth-order valence-corrected chi connectivity index (χ4v) is 5.26. The molecule has 2 aliphatic heterocycles. The van der Waals surface area contributed by atoms with Gasteiger partial charge in [-0.05, 0) is 69.2 Å². The number of anilines is 2. The summed E-state index contributed by atoms with van der Waals surface area (Å²) in [6.45, 7) is 8.98. The predicted octanol–water partition coefficient (Wildman–Crippen LogP) is 4.87. The zero-order valence-electron chi connectivity index (χ0n) is 24.8. The van der Waals surface area contributed by atoms with Crippen molar-refractivity contribution in [3.63, 3.8) is 0 Å². The van der Waals surface area contributed by atoms with Crippen LogP contribution < -0.4 is 10.1 Å². The number of carbonyl (C=O) groups is 1. The first-order valence-electron chi connectivity index (χ1n) is 14.3. The highest BCUT2D eigenvalue weighted by atomic mass is 16.6. The molecule has 13 nitrogen and oxygen atoms in total. The molecule has 7 rings (SSSR count). The maximum atomic E-state index is 12.4. The van der Waals surface area contributed by atoms with E-state index < -0.39 is 11.1 Å². The van der Waals surface area contributed by atoms with Gasteiger partial charge in [0.25, 0.3) is 0 Å². The van der Waals surface area contributed by atoms with Crippen LogP contribution in [0.2, 0.25) is 0 Å². The first-order chi connectivity index (χ1) is 21.1. The molecule has 2 aromatic carbocycles. The second-order valence-corrected chi connectivity index (χ2v) is 12.1. The second-order valence-electron chi connectivity index (χ2n) is 12.1. The number of amides is 1. The molecule has 0 unspecified atom stereocenters. The number of hydrogen-bond acceptors (Lipinski definition) is 11. The Balaban J connectivity index is 1.04. The number of benzene rings is 2. The number of carbonyl (C=O) groups excluding carboxylic acids is 1. The second kappa shape index (κ2) is 10.4. The van der Waals surface area contributed by atoms with E-state index in [0.717, 1.165) is 27.7 Å².